The number of amides is 1. The zero-order valence-corrected chi connectivity index (χ0v) is 11.6. The Morgan fingerprint density at radius 2 is 2.18 bits per heavy atom. The average molecular weight is 301 g/mol. The molecule has 1 aromatic rings. The van der Waals surface area contributed by atoms with Crippen LogP contribution in [0, 0.1) is 0 Å². The SMILES string of the molecule is CC(C)N(CC(N)=O)Cc1cc(O)ccc1Br. The molecule has 17 heavy (non-hydrogen) atoms. The number of hydrogen-bond donors (Lipinski definition) is 2. The van der Waals surface area contributed by atoms with Crippen molar-refractivity contribution in [1.29, 1.82) is 0 Å². The Hall–Kier alpha value is -1.07. The van der Waals surface area contributed by atoms with Crippen LogP contribution < -0.4 is 5.73 Å². The molecule has 0 heterocycles. The van der Waals surface area contributed by atoms with E-state index in [1.807, 2.05) is 18.7 Å². The number of primary amides is 1. The second-order valence-corrected chi connectivity index (χ2v) is 5.10. The first-order valence-electron chi connectivity index (χ1n) is 5.40. The van der Waals surface area contributed by atoms with E-state index in [-0.39, 0.29) is 24.2 Å². The molecule has 0 spiro atoms. The highest BCUT2D eigenvalue weighted by molar-refractivity contribution is 9.10. The Morgan fingerprint density at radius 3 is 2.71 bits per heavy atom. The Labute approximate surface area is 110 Å². The lowest BCUT2D eigenvalue weighted by Crippen LogP contribution is -2.38. The third kappa shape index (κ3) is 4.36. The Kier molecular flexibility index (Phi) is 4.96. The number of hydrogen-bond acceptors (Lipinski definition) is 3. The van der Waals surface area contributed by atoms with Crippen molar-refractivity contribution in [1.82, 2.24) is 4.90 Å². The van der Waals surface area contributed by atoms with Crippen LogP contribution in [0.15, 0.2) is 22.7 Å². The van der Waals surface area contributed by atoms with E-state index in [9.17, 15) is 9.90 Å². The lowest BCUT2D eigenvalue weighted by Gasteiger charge is -2.25. The summed E-state index contributed by atoms with van der Waals surface area (Å²) in [6.45, 7) is 4.77. The van der Waals surface area contributed by atoms with Gasteiger partial charge in [-0.1, -0.05) is 15.9 Å². The van der Waals surface area contributed by atoms with Crippen LogP contribution in [0.3, 0.4) is 0 Å². The predicted molar refractivity (Wildman–Crippen MR) is 70.5 cm³/mol. The molecular weight excluding hydrogens is 284 g/mol. The fourth-order valence-corrected chi connectivity index (χ4v) is 1.89. The van der Waals surface area contributed by atoms with Crippen LogP contribution in [0.4, 0.5) is 0 Å². The topological polar surface area (TPSA) is 66.6 Å². The fraction of sp³-hybridized carbons (Fsp3) is 0.417. The van der Waals surface area contributed by atoms with Crippen molar-refractivity contribution in [3.8, 4) is 5.75 Å². The molecule has 4 nitrogen and oxygen atoms in total. The van der Waals surface area contributed by atoms with E-state index < -0.39 is 0 Å². The van der Waals surface area contributed by atoms with Gasteiger partial charge in [0, 0.05) is 17.1 Å². The zero-order chi connectivity index (χ0) is 13.0. The number of aromatic hydroxyl groups is 1. The largest absolute Gasteiger partial charge is 0.508 e. The monoisotopic (exact) mass is 300 g/mol. The number of nitrogens with zero attached hydrogens (tertiary/aromatic N) is 1. The standard InChI is InChI=1S/C12H17BrN2O2/c1-8(2)15(7-12(14)17)6-9-5-10(16)3-4-11(9)13/h3-5,8,16H,6-7H2,1-2H3,(H2,14,17). The second-order valence-electron chi connectivity index (χ2n) is 4.24. The first-order chi connectivity index (χ1) is 7.90. The maximum Gasteiger partial charge on any atom is 0.231 e. The molecular formula is C12H17BrN2O2. The summed E-state index contributed by atoms with van der Waals surface area (Å²) < 4.78 is 0.908. The molecule has 1 rings (SSSR count). The lowest BCUT2D eigenvalue weighted by atomic mass is 10.1. The van der Waals surface area contributed by atoms with E-state index in [1.165, 1.54) is 0 Å². The van der Waals surface area contributed by atoms with E-state index >= 15 is 0 Å². The van der Waals surface area contributed by atoms with E-state index in [0.29, 0.717) is 6.54 Å². The normalized spacial score (nSPS) is 11.1. The van der Waals surface area contributed by atoms with Crippen molar-refractivity contribution < 1.29 is 9.90 Å². The van der Waals surface area contributed by atoms with Crippen LogP contribution in [0.2, 0.25) is 0 Å². The first-order valence-corrected chi connectivity index (χ1v) is 6.19. The van der Waals surface area contributed by atoms with Gasteiger partial charge in [0.2, 0.25) is 5.91 Å². The summed E-state index contributed by atoms with van der Waals surface area (Å²) >= 11 is 3.42. The molecule has 0 bridgehead atoms. The summed E-state index contributed by atoms with van der Waals surface area (Å²) in [4.78, 5) is 12.9. The first kappa shape index (κ1) is 14.0. The van der Waals surface area contributed by atoms with Gasteiger partial charge >= 0.3 is 0 Å². The molecule has 0 atom stereocenters. The van der Waals surface area contributed by atoms with Gasteiger partial charge in [-0.15, -0.1) is 0 Å². The highest BCUT2D eigenvalue weighted by atomic mass is 79.9. The minimum absolute atomic E-state index is 0.205. The summed E-state index contributed by atoms with van der Waals surface area (Å²) in [5, 5.41) is 9.44. The second kappa shape index (κ2) is 6.02. The molecule has 1 aromatic carbocycles. The highest BCUT2D eigenvalue weighted by Gasteiger charge is 2.14. The molecule has 0 aromatic heterocycles. The van der Waals surface area contributed by atoms with Gasteiger partial charge in [-0.25, -0.2) is 0 Å². The molecule has 1 amide bonds. The van der Waals surface area contributed by atoms with Crippen molar-refractivity contribution >= 4 is 21.8 Å². The highest BCUT2D eigenvalue weighted by Crippen LogP contribution is 2.23. The predicted octanol–water partition coefficient (Wildman–Crippen LogP) is 1.85. The third-order valence-electron chi connectivity index (χ3n) is 2.49. The quantitative estimate of drug-likeness (QED) is 0.872. The van der Waals surface area contributed by atoms with Crippen LogP contribution in [-0.4, -0.2) is 28.5 Å². The molecule has 0 aliphatic rings. The maximum atomic E-state index is 11.0. The van der Waals surface area contributed by atoms with Gasteiger partial charge in [0.15, 0.2) is 0 Å². The molecule has 0 aliphatic heterocycles. The van der Waals surface area contributed by atoms with Crippen LogP contribution in [0.5, 0.6) is 5.75 Å². The number of benzene rings is 1. The van der Waals surface area contributed by atoms with E-state index in [2.05, 4.69) is 15.9 Å². The van der Waals surface area contributed by atoms with Gasteiger partial charge in [0.1, 0.15) is 5.75 Å². The molecule has 0 aliphatic carbocycles. The van der Waals surface area contributed by atoms with Crippen molar-refractivity contribution in [3.63, 3.8) is 0 Å². The summed E-state index contributed by atoms with van der Waals surface area (Å²) in [6.07, 6.45) is 0. The molecule has 5 heteroatoms. The van der Waals surface area contributed by atoms with Gasteiger partial charge in [-0.05, 0) is 37.6 Å². The Bertz CT molecular complexity index is 407. The minimum Gasteiger partial charge on any atom is -0.508 e. The summed E-state index contributed by atoms with van der Waals surface area (Å²) in [7, 11) is 0. The Morgan fingerprint density at radius 1 is 1.53 bits per heavy atom. The number of nitrogens with two attached hydrogens (primary N) is 1. The summed E-state index contributed by atoms with van der Waals surface area (Å²) in [5.74, 6) is -0.138. The number of rotatable bonds is 5. The third-order valence-corrected chi connectivity index (χ3v) is 3.27. The molecule has 0 fully saturated rings. The summed E-state index contributed by atoms with van der Waals surface area (Å²) in [6, 6.07) is 5.28. The van der Waals surface area contributed by atoms with Crippen LogP contribution in [-0.2, 0) is 11.3 Å². The molecule has 0 saturated carbocycles. The lowest BCUT2D eigenvalue weighted by molar-refractivity contribution is -0.119. The number of carbonyl (C=O) groups is 1. The molecule has 0 unspecified atom stereocenters. The van der Waals surface area contributed by atoms with E-state index in [4.69, 9.17) is 5.73 Å². The fourth-order valence-electron chi connectivity index (χ4n) is 1.52. The molecule has 3 N–H and O–H groups in total. The van der Waals surface area contributed by atoms with Gasteiger partial charge in [0.25, 0.3) is 0 Å². The smallest absolute Gasteiger partial charge is 0.231 e. The van der Waals surface area contributed by atoms with E-state index in [0.717, 1.165) is 10.0 Å². The number of phenols is 1. The molecule has 0 saturated heterocycles. The van der Waals surface area contributed by atoms with Crippen molar-refractivity contribution in [2.45, 2.75) is 26.4 Å². The van der Waals surface area contributed by atoms with Crippen LogP contribution in [0.1, 0.15) is 19.4 Å². The zero-order valence-electron chi connectivity index (χ0n) is 9.98. The van der Waals surface area contributed by atoms with Crippen LogP contribution in [0.25, 0.3) is 0 Å². The maximum absolute atomic E-state index is 11.0. The van der Waals surface area contributed by atoms with Crippen molar-refractivity contribution in [2.24, 2.45) is 5.73 Å². The molecule has 0 radical (unpaired) electrons. The summed E-state index contributed by atoms with van der Waals surface area (Å²) in [5.41, 5.74) is 6.14. The van der Waals surface area contributed by atoms with Crippen LogP contribution >= 0.6 is 15.9 Å². The van der Waals surface area contributed by atoms with Crippen molar-refractivity contribution in [2.75, 3.05) is 6.54 Å². The van der Waals surface area contributed by atoms with Crippen molar-refractivity contribution in [3.05, 3.63) is 28.2 Å². The minimum atomic E-state index is -0.352. The molecule has 94 valence electrons. The Balaban J connectivity index is 2.85. The number of halogens is 1. The number of carbonyl (C=O) groups excluding carboxylic acids is 1. The van der Waals surface area contributed by atoms with Gasteiger partial charge in [0.05, 0.1) is 6.54 Å². The van der Waals surface area contributed by atoms with Gasteiger partial charge < -0.3 is 10.8 Å². The van der Waals surface area contributed by atoms with Gasteiger partial charge in [-0.2, -0.15) is 0 Å². The van der Waals surface area contributed by atoms with E-state index in [1.54, 1.807) is 18.2 Å². The average Bonchev–Trinajstić information content (AvgIpc) is 2.21. The number of phenolic OH excluding ortho intramolecular Hbond substituents is 1. The van der Waals surface area contributed by atoms with Gasteiger partial charge in [-0.3, -0.25) is 9.69 Å².